The highest BCUT2D eigenvalue weighted by Crippen LogP contribution is 2.39. The first kappa shape index (κ1) is 25.5. The van der Waals surface area contributed by atoms with Crippen molar-refractivity contribution in [1.82, 2.24) is 10.6 Å². The van der Waals surface area contributed by atoms with Gasteiger partial charge in [0.2, 0.25) is 0 Å². The van der Waals surface area contributed by atoms with Gasteiger partial charge in [-0.1, -0.05) is 48.0 Å². The van der Waals surface area contributed by atoms with E-state index in [0.29, 0.717) is 28.5 Å². The SMILES string of the molecule is O=C(NCCO)/C(=C\c1ccc(Cl)cc1)NC(=O)c1ccc(OCCc2ccc(C3CC3)cc2)cc1. The van der Waals surface area contributed by atoms with Gasteiger partial charge >= 0.3 is 0 Å². The molecule has 2 amide bonds. The first-order chi connectivity index (χ1) is 17.5. The summed E-state index contributed by atoms with van der Waals surface area (Å²) >= 11 is 5.93. The van der Waals surface area contributed by atoms with Crippen molar-refractivity contribution < 1.29 is 19.4 Å². The molecule has 1 aliphatic carbocycles. The number of aliphatic hydroxyl groups is 1. The molecule has 3 N–H and O–H groups in total. The summed E-state index contributed by atoms with van der Waals surface area (Å²) in [7, 11) is 0. The van der Waals surface area contributed by atoms with Crippen LogP contribution in [0.2, 0.25) is 5.02 Å². The Morgan fingerprint density at radius 2 is 1.67 bits per heavy atom. The predicted octanol–water partition coefficient (Wildman–Crippen LogP) is 4.72. The van der Waals surface area contributed by atoms with E-state index in [1.165, 1.54) is 24.0 Å². The fraction of sp³-hybridized carbons (Fsp3) is 0.241. The molecule has 1 aliphatic rings. The minimum absolute atomic E-state index is 0.0591. The fourth-order valence-electron chi connectivity index (χ4n) is 3.71. The van der Waals surface area contributed by atoms with E-state index in [0.717, 1.165) is 12.3 Å². The summed E-state index contributed by atoms with van der Waals surface area (Å²) in [5, 5.41) is 14.8. The highest BCUT2D eigenvalue weighted by molar-refractivity contribution is 6.30. The number of rotatable bonds is 11. The molecule has 1 saturated carbocycles. The van der Waals surface area contributed by atoms with Crippen LogP contribution < -0.4 is 15.4 Å². The molecule has 0 aliphatic heterocycles. The van der Waals surface area contributed by atoms with Gasteiger partial charge < -0.3 is 20.5 Å². The number of carbonyl (C=O) groups is 2. The Kier molecular flexibility index (Phi) is 8.76. The predicted molar refractivity (Wildman–Crippen MR) is 141 cm³/mol. The van der Waals surface area contributed by atoms with Crippen molar-refractivity contribution >= 4 is 29.5 Å². The van der Waals surface area contributed by atoms with Gasteiger partial charge in [0.15, 0.2) is 0 Å². The maximum absolute atomic E-state index is 12.8. The van der Waals surface area contributed by atoms with Crippen molar-refractivity contribution in [3.8, 4) is 5.75 Å². The van der Waals surface area contributed by atoms with Crippen LogP contribution in [0.25, 0.3) is 6.08 Å². The number of carbonyl (C=O) groups excluding carboxylic acids is 2. The van der Waals surface area contributed by atoms with Gasteiger partial charge in [0, 0.05) is 23.6 Å². The number of nitrogens with one attached hydrogen (secondary N) is 2. The van der Waals surface area contributed by atoms with E-state index in [2.05, 4.69) is 34.9 Å². The average Bonchev–Trinajstić information content (AvgIpc) is 3.74. The van der Waals surface area contributed by atoms with Crippen LogP contribution in [0.3, 0.4) is 0 Å². The first-order valence-electron chi connectivity index (χ1n) is 12.0. The third kappa shape index (κ3) is 7.44. The monoisotopic (exact) mass is 504 g/mol. The Morgan fingerprint density at radius 1 is 0.972 bits per heavy atom. The van der Waals surface area contributed by atoms with Crippen LogP contribution >= 0.6 is 11.6 Å². The van der Waals surface area contributed by atoms with Crippen LogP contribution in [0.5, 0.6) is 5.75 Å². The second kappa shape index (κ2) is 12.4. The lowest BCUT2D eigenvalue weighted by molar-refractivity contribution is -0.117. The molecular formula is C29H29ClN2O4. The molecule has 0 saturated heterocycles. The van der Waals surface area contributed by atoms with Gasteiger partial charge in [-0.25, -0.2) is 0 Å². The third-order valence-electron chi connectivity index (χ3n) is 5.88. The summed E-state index contributed by atoms with van der Waals surface area (Å²) < 4.78 is 5.85. The maximum Gasteiger partial charge on any atom is 0.267 e. The minimum Gasteiger partial charge on any atom is -0.493 e. The molecule has 0 bridgehead atoms. The van der Waals surface area contributed by atoms with Crippen molar-refractivity contribution in [2.24, 2.45) is 0 Å². The lowest BCUT2D eigenvalue weighted by Crippen LogP contribution is -2.36. The van der Waals surface area contributed by atoms with Crippen LogP contribution in [0.15, 0.2) is 78.5 Å². The Labute approximate surface area is 215 Å². The maximum atomic E-state index is 12.8. The number of ether oxygens (including phenoxy) is 1. The number of aliphatic hydroxyl groups excluding tert-OH is 1. The van der Waals surface area contributed by atoms with Gasteiger partial charge in [0.25, 0.3) is 11.8 Å². The van der Waals surface area contributed by atoms with Crippen LogP contribution in [0.4, 0.5) is 0 Å². The zero-order chi connectivity index (χ0) is 25.3. The largest absolute Gasteiger partial charge is 0.493 e. The molecule has 3 aromatic rings. The number of benzene rings is 3. The van der Waals surface area contributed by atoms with E-state index in [9.17, 15) is 9.59 Å². The van der Waals surface area contributed by atoms with E-state index in [4.69, 9.17) is 21.4 Å². The van der Waals surface area contributed by atoms with E-state index < -0.39 is 11.8 Å². The number of halogens is 1. The summed E-state index contributed by atoms with van der Waals surface area (Å²) in [4.78, 5) is 25.4. The molecule has 1 fully saturated rings. The summed E-state index contributed by atoms with van der Waals surface area (Å²) in [6.45, 7) is 0.401. The average molecular weight is 505 g/mol. The molecule has 6 nitrogen and oxygen atoms in total. The Balaban J connectivity index is 1.34. The van der Waals surface area contributed by atoms with Gasteiger partial charge in [-0.2, -0.15) is 0 Å². The number of hydrogen-bond acceptors (Lipinski definition) is 4. The second-order valence-corrected chi connectivity index (χ2v) is 9.12. The van der Waals surface area contributed by atoms with E-state index in [1.54, 1.807) is 54.6 Å². The summed E-state index contributed by atoms with van der Waals surface area (Å²) in [6.07, 6.45) is 4.95. The Morgan fingerprint density at radius 3 is 2.31 bits per heavy atom. The zero-order valence-electron chi connectivity index (χ0n) is 19.9. The standard InChI is InChI=1S/C29H29ClN2O4/c30-25-11-3-21(4-12-25)19-27(29(35)31-16-17-33)32-28(34)24-9-13-26(14-10-24)36-18-15-20-1-5-22(6-2-20)23-7-8-23/h1-6,9-14,19,23,33H,7-8,15-18H2,(H,31,35)(H,32,34)/b27-19+. The Hall–Kier alpha value is -3.61. The quantitative estimate of drug-likeness (QED) is 0.330. The summed E-state index contributed by atoms with van der Waals surface area (Å²) in [5.74, 6) is 0.484. The van der Waals surface area contributed by atoms with Gasteiger partial charge in [-0.15, -0.1) is 0 Å². The molecule has 4 rings (SSSR count). The van der Waals surface area contributed by atoms with E-state index in [-0.39, 0.29) is 18.8 Å². The van der Waals surface area contributed by atoms with Crippen molar-refractivity contribution in [3.63, 3.8) is 0 Å². The molecule has 186 valence electrons. The summed E-state index contributed by atoms with van der Waals surface area (Å²) in [6, 6.07) is 22.4. The van der Waals surface area contributed by atoms with Gasteiger partial charge in [0.1, 0.15) is 11.4 Å². The number of hydrogen-bond donors (Lipinski definition) is 3. The summed E-state index contributed by atoms with van der Waals surface area (Å²) in [5.41, 5.74) is 3.79. The Bertz CT molecular complexity index is 1200. The third-order valence-corrected chi connectivity index (χ3v) is 6.13. The molecule has 36 heavy (non-hydrogen) atoms. The molecule has 7 heteroatoms. The molecule has 0 atom stereocenters. The second-order valence-electron chi connectivity index (χ2n) is 8.68. The van der Waals surface area contributed by atoms with Crippen molar-refractivity contribution in [2.45, 2.75) is 25.2 Å². The van der Waals surface area contributed by atoms with E-state index >= 15 is 0 Å². The lowest BCUT2D eigenvalue weighted by atomic mass is 10.1. The first-order valence-corrected chi connectivity index (χ1v) is 12.4. The highest BCUT2D eigenvalue weighted by Gasteiger charge is 2.22. The van der Waals surface area contributed by atoms with Crippen LogP contribution in [-0.4, -0.2) is 36.7 Å². The van der Waals surface area contributed by atoms with Gasteiger partial charge in [0.05, 0.1) is 13.2 Å². The van der Waals surface area contributed by atoms with E-state index in [1.807, 2.05) is 0 Å². The van der Waals surface area contributed by atoms with Crippen LogP contribution in [-0.2, 0) is 11.2 Å². The zero-order valence-corrected chi connectivity index (χ0v) is 20.6. The molecule has 0 unspecified atom stereocenters. The van der Waals surface area contributed by atoms with Crippen LogP contribution in [0, 0.1) is 0 Å². The van der Waals surface area contributed by atoms with Gasteiger partial charge in [-0.3, -0.25) is 9.59 Å². The molecule has 3 aromatic carbocycles. The van der Waals surface area contributed by atoms with Gasteiger partial charge in [-0.05, 0) is 77.9 Å². The fourth-order valence-corrected chi connectivity index (χ4v) is 3.83. The smallest absolute Gasteiger partial charge is 0.267 e. The minimum atomic E-state index is -0.502. The van der Waals surface area contributed by atoms with Crippen molar-refractivity contribution in [3.05, 3.63) is 106 Å². The molecule has 0 spiro atoms. The van der Waals surface area contributed by atoms with Crippen molar-refractivity contribution in [1.29, 1.82) is 0 Å². The van der Waals surface area contributed by atoms with Crippen molar-refractivity contribution in [2.75, 3.05) is 19.8 Å². The van der Waals surface area contributed by atoms with Crippen LogP contribution in [0.1, 0.15) is 45.8 Å². The normalized spacial score (nSPS) is 13.2. The lowest BCUT2D eigenvalue weighted by Gasteiger charge is -2.11. The molecule has 0 radical (unpaired) electrons. The molecule has 0 heterocycles. The topological polar surface area (TPSA) is 87.7 Å². The molecular weight excluding hydrogens is 476 g/mol. The highest BCUT2D eigenvalue weighted by atomic mass is 35.5. The number of amides is 2. The molecule has 0 aromatic heterocycles.